The first-order valence-corrected chi connectivity index (χ1v) is 8.53. The van der Waals surface area contributed by atoms with Gasteiger partial charge in [-0.3, -0.25) is 0 Å². The molecular formula is C22H17FN2O2. The van der Waals surface area contributed by atoms with Crippen LogP contribution in [-0.2, 0) is 0 Å². The Labute approximate surface area is 156 Å². The molecule has 27 heavy (non-hydrogen) atoms. The summed E-state index contributed by atoms with van der Waals surface area (Å²) in [6, 6.07) is 16.0. The van der Waals surface area contributed by atoms with E-state index in [9.17, 15) is 9.65 Å². The topological polar surface area (TPSA) is 47.2 Å². The second-order valence-electron chi connectivity index (χ2n) is 6.38. The Hall–Kier alpha value is -3.52. The van der Waals surface area contributed by atoms with Crippen LogP contribution in [0.4, 0.5) is 4.39 Å². The molecule has 4 nitrogen and oxygen atoms in total. The molecule has 0 bridgehead atoms. The minimum absolute atomic E-state index is 0.236. The molecule has 1 aliphatic rings. The molecule has 0 atom stereocenters. The predicted molar refractivity (Wildman–Crippen MR) is 101 cm³/mol. The van der Waals surface area contributed by atoms with E-state index >= 15 is 0 Å². The molecule has 0 spiro atoms. The first-order chi connectivity index (χ1) is 13.1. The number of benzene rings is 2. The first-order valence-electron chi connectivity index (χ1n) is 8.53. The monoisotopic (exact) mass is 360 g/mol. The second-order valence-corrected chi connectivity index (χ2v) is 6.38. The van der Waals surface area contributed by atoms with Crippen LogP contribution in [0.2, 0.25) is 0 Å². The maximum absolute atomic E-state index is 13.2. The average molecular weight is 360 g/mol. The van der Waals surface area contributed by atoms with Gasteiger partial charge in [0.25, 0.3) is 0 Å². The van der Waals surface area contributed by atoms with Gasteiger partial charge in [0, 0.05) is 23.1 Å². The highest BCUT2D eigenvalue weighted by Crippen LogP contribution is 2.35. The highest BCUT2D eigenvalue weighted by atomic mass is 19.1. The SMILES string of the molecule is Cc1cc(C=C(C#N)c2ccc(F)cc2)c(C)n1-c1ccc2c(c1)OCO2. The Bertz CT molecular complexity index is 1090. The van der Waals surface area contributed by atoms with Gasteiger partial charge in [-0.25, -0.2) is 4.39 Å². The van der Waals surface area contributed by atoms with E-state index in [1.807, 2.05) is 44.2 Å². The van der Waals surface area contributed by atoms with E-state index in [1.54, 1.807) is 12.1 Å². The number of ether oxygens (including phenoxy) is 2. The molecule has 1 aliphatic heterocycles. The molecule has 134 valence electrons. The van der Waals surface area contributed by atoms with Crippen LogP contribution in [0.3, 0.4) is 0 Å². The molecule has 0 unspecified atom stereocenters. The van der Waals surface area contributed by atoms with Crippen LogP contribution in [0.25, 0.3) is 17.3 Å². The lowest BCUT2D eigenvalue weighted by Crippen LogP contribution is -1.99. The minimum atomic E-state index is -0.322. The number of nitrogens with zero attached hydrogens (tertiary/aromatic N) is 2. The molecule has 0 saturated heterocycles. The lowest BCUT2D eigenvalue weighted by atomic mass is 10.0. The van der Waals surface area contributed by atoms with Crippen molar-refractivity contribution in [3.05, 3.63) is 76.9 Å². The lowest BCUT2D eigenvalue weighted by molar-refractivity contribution is 0.174. The van der Waals surface area contributed by atoms with Crippen LogP contribution < -0.4 is 9.47 Å². The van der Waals surface area contributed by atoms with E-state index in [4.69, 9.17) is 9.47 Å². The quantitative estimate of drug-likeness (QED) is 0.616. The van der Waals surface area contributed by atoms with Crippen molar-refractivity contribution in [2.45, 2.75) is 13.8 Å². The normalized spacial score (nSPS) is 12.9. The summed E-state index contributed by atoms with van der Waals surface area (Å²) in [5, 5.41) is 9.55. The van der Waals surface area contributed by atoms with Gasteiger partial charge in [-0.1, -0.05) is 12.1 Å². The maximum Gasteiger partial charge on any atom is 0.231 e. The Morgan fingerprint density at radius 3 is 2.56 bits per heavy atom. The Morgan fingerprint density at radius 2 is 1.81 bits per heavy atom. The van der Waals surface area contributed by atoms with Gasteiger partial charge < -0.3 is 14.0 Å². The Kier molecular flexibility index (Phi) is 4.17. The Balaban J connectivity index is 1.76. The van der Waals surface area contributed by atoms with E-state index in [-0.39, 0.29) is 12.6 Å². The summed E-state index contributed by atoms with van der Waals surface area (Å²) < 4.78 is 26.1. The summed E-state index contributed by atoms with van der Waals surface area (Å²) in [4.78, 5) is 0. The fraction of sp³-hybridized carbons (Fsp3) is 0.136. The summed E-state index contributed by atoms with van der Waals surface area (Å²) in [7, 11) is 0. The molecule has 2 aromatic carbocycles. The van der Waals surface area contributed by atoms with Crippen molar-refractivity contribution < 1.29 is 13.9 Å². The molecule has 0 saturated carbocycles. The number of aromatic nitrogens is 1. The summed E-state index contributed by atoms with van der Waals surface area (Å²) in [5.74, 6) is 1.14. The van der Waals surface area contributed by atoms with E-state index in [1.165, 1.54) is 12.1 Å². The van der Waals surface area contributed by atoms with Gasteiger partial charge in [0.2, 0.25) is 6.79 Å². The number of aryl methyl sites for hydroxylation is 1. The van der Waals surface area contributed by atoms with Gasteiger partial charge in [0.05, 0.1) is 11.6 Å². The van der Waals surface area contributed by atoms with Crippen molar-refractivity contribution >= 4 is 11.6 Å². The maximum atomic E-state index is 13.2. The average Bonchev–Trinajstić information content (AvgIpc) is 3.24. The zero-order chi connectivity index (χ0) is 19.0. The molecule has 0 N–H and O–H groups in total. The first kappa shape index (κ1) is 16.9. The van der Waals surface area contributed by atoms with E-state index in [2.05, 4.69) is 10.6 Å². The smallest absolute Gasteiger partial charge is 0.231 e. The second kappa shape index (κ2) is 6.65. The van der Waals surface area contributed by atoms with Crippen LogP contribution >= 0.6 is 0 Å². The third kappa shape index (κ3) is 3.06. The van der Waals surface area contributed by atoms with Crippen LogP contribution in [0.5, 0.6) is 11.5 Å². The van der Waals surface area contributed by atoms with Crippen LogP contribution in [0, 0.1) is 31.0 Å². The largest absolute Gasteiger partial charge is 0.454 e. The number of fused-ring (bicyclic) bond motifs is 1. The van der Waals surface area contributed by atoms with E-state index in [0.717, 1.165) is 34.1 Å². The van der Waals surface area contributed by atoms with Crippen molar-refractivity contribution in [1.82, 2.24) is 4.57 Å². The van der Waals surface area contributed by atoms with Gasteiger partial charge in [0.1, 0.15) is 5.82 Å². The van der Waals surface area contributed by atoms with Gasteiger partial charge in [-0.15, -0.1) is 0 Å². The van der Waals surface area contributed by atoms with Crippen LogP contribution in [0.15, 0.2) is 48.5 Å². The highest BCUT2D eigenvalue weighted by molar-refractivity contribution is 5.90. The molecule has 0 aliphatic carbocycles. The zero-order valence-corrected chi connectivity index (χ0v) is 15.0. The summed E-state index contributed by atoms with van der Waals surface area (Å²) in [5.41, 5.74) is 5.11. The molecule has 0 fully saturated rings. The fourth-order valence-corrected chi connectivity index (χ4v) is 3.32. The van der Waals surface area contributed by atoms with E-state index < -0.39 is 0 Å². The number of hydrogen-bond acceptors (Lipinski definition) is 3. The third-order valence-corrected chi connectivity index (χ3v) is 4.66. The zero-order valence-electron chi connectivity index (χ0n) is 15.0. The molecule has 4 rings (SSSR count). The van der Waals surface area contributed by atoms with Gasteiger partial charge in [0.15, 0.2) is 11.5 Å². The van der Waals surface area contributed by atoms with E-state index in [0.29, 0.717) is 11.1 Å². The number of rotatable bonds is 3. The molecule has 5 heteroatoms. The minimum Gasteiger partial charge on any atom is -0.454 e. The predicted octanol–water partition coefficient (Wildman–Crippen LogP) is 5.03. The van der Waals surface area contributed by atoms with Gasteiger partial charge >= 0.3 is 0 Å². The molecular weight excluding hydrogens is 343 g/mol. The Morgan fingerprint density at radius 1 is 1.07 bits per heavy atom. The van der Waals surface area contributed by atoms with Crippen molar-refractivity contribution in [3.8, 4) is 23.3 Å². The summed E-state index contributed by atoms with van der Waals surface area (Å²) >= 11 is 0. The van der Waals surface area contributed by atoms with Crippen molar-refractivity contribution in [3.63, 3.8) is 0 Å². The summed E-state index contributed by atoms with van der Waals surface area (Å²) in [6.45, 7) is 4.25. The van der Waals surface area contributed by atoms with Crippen LogP contribution in [0.1, 0.15) is 22.5 Å². The van der Waals surface area contributed by atoms with Gasteiger partial charge in [-0.2, -0.15) is 5.26 Å². The molecule has 0 amide bonds. The standard InChI is InChI=1S/C22H17FN2O2/c1-14-9-17(10-18(12-24)16-3-5-19(23)6-4-16)15(2)25(14)20-7-8-21-22(11-20)27-13-26-21/h3-11H,13H2,1-2H3. The van der Waals surface area contributed by atoms with Crippen molar-refractivity contribution in [1.29, 1.82) is 5.26 Å². The lowest BCUT2D eigenvalue weighted by Gasteiger charge is -2.10. The van der Waals surface area contributed by atoms with Crippen molar-refractivity contribution in [2.75, 3.05) is 6.79 Å². The highest BCUT2D eigenvalue weighted by Gasteiger charge is 2.16. The summed E-state index contributed by atoms with van der Waals surface area (Å²) in [6.07, 6.45) is 1.83. The molecule has 0 radical (unpaired) electrons. The number of halogens is 1. The number of nitriles is 1. The van der Waals surface area contributed by atoms with Crippen LogP contribution in [-0.4, -0.2) is 11.4 Å². The number of allylic oxidation sites excluding steroid dienone is 1. The molecule has 3 aromatic rings. The molecule has 2 heterocycles. The molecule has 1 aromatic heterocycles. The third-order valence-electron chi connectivity index (χ3n) is 4.66. The fourth-order valence-electron chi connectivity index (χ4n) is 3.32. The number of hydrogen-bond donors (Lipinski definition) is 0. The van der Waals surface area contributed by atoms with Gasteiger partial charge in [-0.05, 0) is 61.4 Å². The van der Waals surface area contributed by atoms with Crippen molar-refractivity contribution in [2.24, 2.45) is 0 Å².